The topological polar surface area (TPSA) is 0 Å². The molecule has 0 aliphatic carbocycles. The molecule has 0 aromatic heterocycles. The van der Waals surface area contributed by atoms with Gasteiger partial charge in [0, 0.05) is 12.0 Å². The summed E-state index contributed by atoms with van der Waals surface area (Å²) >= 11 is 0. The highest BCUT2D eigenvalue weighted by molar-refractivity contribution is 5.61. The van der Waals surface area contributed by atoms with E-state index in [9.17, 15) is 8.78 Å². The Labute approximate surface area is 144 Å². The van der Waals surface area contributed by atoms with E-state index in [4.69, 9.17) is 0 Å². The molecular formula is C22H26F2. The van der Waals surface area contributed by atoms with Crippen molar-refractivity contribution in [2.75, 3.05) is 0 Å². The minimum atomic E-state index is -0.723. The molecule has 0 nitrogen and oxygen atoms in total. The lowest BCUT2D eigenvalue weighted by Crippen LogP contribution is -1.91. The third-order valence-electron chi connectivity index (χ3n) is 4.17. The number of unbranched alkanes of at least 4 members (excludes halogenated alkanes) is 1. The zero-order valence-corrected chi connectivity index (χ0v) is 14.6. The molecule has 128 valence electrons. The number of aryl methyl sites for hydroxylation is 1. The molecular weight excluding hydrogens is 302 g/mol. The smallest absolute Gasteiger partial charge is 0.161 e. The SMILES string of the molecule is CCCC/C(F)=C(\F)c1ccc(Cc2ccc(CCC)cc2)cc1. The maximum absolute atomic E-state index is 14.0. The molecule has 0 saturated heterocycles. The molecule has 0 atom stereocenters. The third-order valence-corrected chi connectivity index (χ3v) is 4.17. The highest BCUT2D eigenvalue weighted by Gasteiger charge is 2.08. The Hall–Kier alpha value is -1.96. The van der Waals surface area contributed by atoms with Crippen molar-refractivity contribution in [3.63, 3.8) is 0 Å². The van der Waals surface area contributed by atoms with Gasteiger partial charge in [-0.25, -0.2) is 8.78 Å². The molecule has 0 radical (unpaired) electrons. The number of benzene rings is 2. The quantitative estimate of drug-likeness (QED) is 0.488. The second-order valence-corrected chi connectivity index (χ2v) is 6.26. The Kier molecular flexibility index (Phi) is 7.17. The summed E-state index contributed by atoms with van der Waals surface area (Å²) in [5, 5.41) is 0. The molecule has 2 aromatic carbocycles. The van der Waals surface area contributed by atoms with Crippen molar-refractivity contribution < 1.29 is 8.78 Å². The van der Waals surface area contributed by atoms with Crippen molar-refractivity contribution in [1.82, 2.24) is 0 Å². The van der Waals surface area contributed by atoms with Crippen molar-refractivity contribution in [2.24, 2.45) is 0 Å². The van der Waals surface area contributed by atoms with Crippen LogP contribution in [0.4, 0.5) is 8.78 Å². The first-order valence-electron chi connectivity index (χ1n) is 8.85. The average molecular weight is 328 g/mol. The first kappa shape index (κ1) is 18.4. The third kappa shape index (κ3) is 5.30. The fourth-order valence-electron chi connectivity index (χ4n) is 2.72. The van der Waals surface area contributed by atoms with Crippen LogP contribution in [0.3, 0.4) is 0 Å². The predicted octanol–water partition coefficient (Wildman–Crippen LogP) is 7.03. The number of hydrogen-bond acceptors (Lipinski definition) is 0. The van der Waals surface area contributed by atoms with E-state index in [-0.39, 0.29) is 6.42 Å². The van der Waals surface area contributed by atoms with Crippen molar-refractivity contribution in [2.45, 2.75) is 52.4 Å². The summed E-state index contributed by atoms with van der Waals surface area (Å²) in [7, 11) is 0. The standard InChI is InChI=1S/C22H26F2/c1-3-5-7-21(23)22(24)20-14-12-19(13-15-20)16-18-10-8-17(6-4-2)9-11-18/h8-15H,3-7,16H2,1-2H3/b22-21+. The summed E-state index contributed by atoms with van der Waals surface area (Å²) in [5.74, 6) is -1.37. The summed E-state index contributed by atoms with van der Waals surface area (Å²) in [6.45, 7) is 4.14. The Morgan fingerprint density at radius 2 is 1.29 bits per heavy atom. The molecule has 0 aliphatic heterocycles. The molecule has 0 unspecified atom stereocenters. The second kappa shape index (κ2) is 9.36. The van der Waals surface area contributed by atoms with E-state index in [1.54, 1.807) is 12.1 Å². The molecule has 0 aliphatic rings. The van der Waals surface area contributed by atoms with Gasteiger partial charge >= 0.3 is 0 Å². The van der Waals surface area contributed by atoms with E-state index < -0.39 is 11.7 Å². The number of halogens is 2. The largest absolute Gasteiger partial charge is 0.209 e. The number of rotatable bonds is 8. The highest BCUT2D eigenvalue weighted by Crippen LogP contribution is 2.25. The van der Waals surface area contributed by atoms with Gasteiger partial charge in [-0.1, -0.05) is 75.2 Å². The zero-order chi connectivity index (χ0) is 17.4. The van der Waals surface area contributed by atoms with Crippen LogP contribution in [0.15, 0.2) is 54.4 Å². The molecule has 0 amide bonds. The molecule has 24 heavy (non-hydrogen) atoms. The van der Waals surface area contributed by atoms with E-state index in [0.717, 1.165) is 31.2 Å². The summed E-state index contributed by atoms with van der Waals surface area (Å²) in [4.78, 5) is 0. The van der Waals surface area contributed by atoms with Gasteiger partial charge in [0.15, 0.2) is 5.83 Å². The summed E-state index contributed by atoms with van der Waals surface area (Å²) in [5.41, 5.74) is 4.01. The van der Waals surface area contributed by atoms with Crippen LogP contribution in [0.25, 0.3) is 5.83 Å². The van der Waals surface area contributed by atoms with Gasteiger partial charge < -0.3 is 0 Å². The van der Waals surface area contributed by atoms with Crippen LogP contribution in [-0.2, 0) is 12.8 Å². The minimum absolute atomic E-state index is 0.175. The van der Waals surface area contributed by atoms with E-state index in [2.05, 4.69) is 31.2 Å². The highest BCUT2D eigenvalue weighted by atomic mass is 19.2. The van der Waals surface area contributed by atoms with Crippen molar-refractivity contribution in [3.8, 4) is 0 Å². The van der Waals surface area contributed by atoms with Crippen LogP contribution in [-0.4, -0.2) is 0 Å². The molecule has 2 rings (SSSR count). The van der Waals surface area contributed by atoms with Crippen LogP contribution >= 0.6 is 0 Å². The fraction of sp³-hybridized carbons (Fsp3) is 0.364. The molecule has 0 fully saturated rings. The van der Waals surface area contributed by atoms with E-state index in [1.807, 2.05) is 19.1 Å². The van der Waals surface area contributed by atoms with Crippen LogP contribution in [0.2, 0.25) is 0 Å². The van der Waals surface area contributed by atoms with Crippen LogP contribution in [0, 0.1) is 0 Å². The normalized spacial score (nSPS) is 12.2. The molecule has 0 saturated carbocycles. The van der Waals surface area contributed by atoms with Gasteiger partial charge in [-0.3, -0.25) is 0 Å². The number of hydrogen-bond donors (Lipinski definition) is 0. The zero-order valence-electron chi connectivity index (χ0n) is 14.6. The molecule has 0 bridgehead atoms. The Bertz CT molecular complexity index is 651. The Morgan fingerprint density at radius 1 is 0.750 bits per heavy atom. The minimum Gasteiger partial charge on any atom is -0.209 e. The molecule has 0 heterocycles. The maximum atomic E-state index is 14.0. The Balaban J connectivity index is 2.03. The first-order valence-corrected chi connectivity index (χ1v) is 8.85. The summed E-state index contributed by atoms with van der Waals surface area (Å²) in [6.07, 6.45) is 4.76. The van der Waals surface area contributed by atoms with Gasteiger partial charge in [-0.2, -0.15) is 0 Å². The van der Waals surface area contributed by atoms with Gasteiger partial charge in [-0.05, 0) is 36.0 Å². The Morgan fingerprint density at radius 3 is 1.83 bits per heavy atom. The van der Waals surface area contributed by atoms with E-state index in [0.29, 0.717) is 12.0 Å². The number of allylic oxidation sites excluding steroid dienone is 1. The van der Waals surface area contributed by atoms with E-state index >= 15 is 0 Å². The van der Waals surface area contributed by atoms with Crippen molar-refractivity contribution >= 4 is 5.83 Å². The van der Waals surface area contributed by atoms with Gasteiger partial charge in [-0.15, -0.1) is 0 Å². The van der Waals surface area contributed by atoms with Crippen LogP contribution < -0.4 is 0 Å². The molecule has 2 aromatic rings. The first-order chi connectivity index (χ1) is 11.6. The lowest BCUT2D eigenvalue weighted by molar-refractivity contribution is 0.548. The summed E-state index contributed by atoms with van der Waals surface area (Å²) < 4.78 is 27.8. The summed E-state index contributed by atoms with van der Waals surface area (Å²) in [6, 6.07) is 15.7. The average Bonchev–Trinajstić information content (AvgIpc) is 2.61. The predicted molar refractivity (Wildman–Crippen MR) is 98.3 cm³/mol. The van der Waals surface area contributed by atoms with Gasteiger partial charge in [0.05, 0.1) is 0 Å². The van der Waals surface area contributed by atoms with E-state index in [1.165, 1.54) is 11.1 Å². The van der Waals surface area contributed by atoms with Crippen LogP contribution in [0.5, 0.6) is 0 Å². The monoisotopic (exact) mass is 328 g/mol. The van der Waals surface area contributed by atoms with Crippen molar-refractivity contribution in [1.29, 1.82) is 0 Å². The van der Waals surface area contributed by atoms with Crippen LogP contribution in [0.1, 0.15) is 61.8 Å². The van der Waals surface area contributed by atoms with Crippen molar-refractivity contribution in [3.05, 3.63) is 76.6 Å². The fourth-order valence-corrected chi connectivity index (χ4v) is 2.72. The lowest BCUT2D eigenvalue weighted by atomic mass is 10.0. The maximum Gasteiger partial charge on any atom is 0.161 e. The molecule has 2 heteroatoms. The second-order valence-electron chi connectivity index (χ2n) is 6.26. The van der Waals surface area contributed by atoms with Gasteiger partial charge in [0.1, 0.15) is 5.83 Å². The van der Waals surface area contributed by atoms with Gasteiger partial charge in [0.2, 0.25) is 0 Å². The lowest BCUT2D eigenvalue weighted by Gasteiger charge is -2.06. The van der Waals surface area contributed by atoms with Gasteiger partial charge in [0.25, 0.3) is 0 Å². The molecule has 0 N–H and O–H groups in total. The molecule has 0 spiro atoms.